The molecule has 5 atom stereocenters. The van der Waals surface area contributed by atoms with Gasteiger partial charge in [0.25, 0.3) is 0 Å². The van der Waals surface area contributed by atoms with Gasteiger partial charge in [0.1, 0.15) is 41.4 Å². The van der Waals surface area contributed by atoms with Crippen LogP contribution in [-0.4, -0.2) is 86.8 Å². The van der Waals surface area contributed by atoms with Crippen LogP contribution >= 0.6 is 0 Å². The minimum atomic E-state index is -1.34. The molecule has 0 aromatic heterocycles. The minimum absolute atomic E-state index is 0.0239. The number of benzene rings is 4. The number of carbonyl (C=O) groups excluding carboxylic acids is 4. The third-order valence-corrected chi connectivity index (χ3v) is 9.22. The average Bonchev–Trinajstić information content (AvgIpc) is 3.19. The summed E-state index contributed by atoms with van der Waals surface area (Å²) in [7, 11) is 0. The lowest BCUT2D eigenvalue weighted by Crippen LogP contribution is -2.59. The van der Waals surface area contributed by atoms with Crippen molar-refractivity contribution in [3.8, 4) is 17.2 Å². The van der Waals surface area contributed by atoms with E-state index in [1.54, 1.807) is 66.7 Å². The molecule has 0 aliphatic rings. The standard InChI is InChI=1S/C42H50N6O9/c43-21-5-4-8-34(45-38(52)33(44)22-27-9-15-30(49)16-10-27)39(53)46-35(23-28-11-17-31(50)18-12-28)40(54)47-36(24-29-13-19-32(51)20-14-29)41(55)48-37(42(56)57)25-26-6-2-1-3-7-26/h1-3,6-7,9-20,33-37,49-51H,4-5,8,21-25,43-44H2,(H,45,52)(H,46,53)(H,47,54)(H,48,55)(H,56,57)/t33-,34-,35-,36-,37-/m0/s1. The van der Waals surface area contributed by atoms with Gasteiger partial charge in [-0.15, -0.1) is 0 Å². The Morgan fingerprint density at radius 1 is 0.474 bits per heavy atom. The summed E-state index contributed by atoms with van der Waals surface area (Å²) in [5, 5.41) is 50.0. The predicted molar refractivity (Wildman–Crippen MR) is 212 cm³/mol. The smallest absolute Gasteiger partial charge is 0.326 e. The van der Waals surface area contributed by atoms with Gasteiger partial charge in [0.15, 0.2) is 0 Å². The number of phenols is 3. The molecule has 0 aliphatic carbocycles. The maximum absolute atomic E-state index is 14.2. The fraction of sp³-hybridized carbons (Fsp3) is 0.310. The van der Waals surface area contributed by atoms with E-state index in [1.165, 1.54) is 36.4 Å². The summed E-state index contributed by atoms with van der Waals surface area (Å²) in [6, 6.07) is 20.6. The molecule has 4 aromatic carbocycles. The van der Waals surface area contributed by atoms with Crippen molar-refractivity contribution in [3.05, 3.63) is 125 Å². The van der Waals surface area contributed by atoms with Crippen LogP contribution < -0.4 is 32.7 Å². The number of amides is 4. The molecule has 0 spiro atoms. The third-order valence-electron chi connectivity index (χ3n) is 9.22. The summed E-state index contributed by atoms with van der Waals surface area (Å²) < 4.78 is 0. The molecule has 4 amide bonds. The first-order chi connectivity index (χ1) is 27.3. The minimum Gasteiger partial charge on any atom is -0.508 e. The summed E-state index contributed by atoms with van der Waals surface area (Å²) >= 11 is 0. The first kappa shape index (κ1) is 43.3. The highest BCUT2D eigenvalue weighted by Gasteiger charge is 2.32. The van der Waals surface area contributed by atoms with Crippen LogP contribution in [0.15, 0.2) is 103 Å². The van der Waals surface area contributed by atoms with Crippen molar-refractivity contribution in [1.29, 1.82) is 0 Å². The van der Waals surface area contributed by atoms with Crippen LogP contribution in [0.25, 0.3) is 0 Å². The van der Waals surface area contributed by atoms with E-state index < -0.39 is 59.8 Å². The SMILES string of the molecule is NCCCC[C@H](NC(=O)[C@@H](N)Cc1ccc(O)cc1)C(=O)N[C@@H](Cc1ccc(O)cc1)C(=O)N[C@@H](Cc1ccc(O)cc1)C(=O)N[C@@H](Cc1ccccc1)C(=O)O. The second-order valence-electron chi connectivity index (χ2n) is 13.8. The van der Waals surface area contributed by atoms with Gasteiger partial charge in [-0.3, -0.25) is 19.2 Å². The van der Waals surface area contributed by atoms with E-state index in [0.29, 0.717) is 41.6 Å². The largest absolute Gasteiger partial charge is 0.508 e. The van der Waals surface area contributed by atoms with Crippen LogP contribution in [0.4, 0.5) is 0 Å². The summed E-state index contributed by atoms with van der Waals surface area (Å²) in [6.45, 7) is 0.340. The molecule has 0 unspecified atom stereocenters. The molecular weight excluding hydrogens is 732 g/mol. The molecule has 15 heteroatoms. The molecule has 0 radical (unpaired) electrons. The Hall–Kier alpha value is -6.45. The molecule has 12 N–H and O–H groups in total. The van der Waals surface area contributed by atoms with Gasteiger partial charge in [-0.1, -0.05) is 66.7 Å². The van der Waals surface area contributed by atoms with Crippen molar-refractivity contribution < 1.29 is 44.4 Å². The zero-order valence-corrected chi connectivity index (χ0v) is 31.3. The van der Waals surface area contributed by atoms with Crippen molar-refractivity contribution >= 4 is 29.6 Å². The van der Waals surface area contributed by atoms with Crippen molar-refractivity contribution in [3.63, 3.8) is 0 Å². The normalized spacial score (nSPS) is 13.6. The van der Waals surface area contributed by atoms with Crippen LogP contribution in [-0.2, 0) is 49.7 Å². The number of carboxylic acid groups (broad SMARTS) is 1. The Morgan fingerprint density at radius 3 is 1.28 bits per heavy atom. The number of aliphatic carboxylic acids is 1. The maximum atomic E-state index is 14.2. The van der Waals surface area contributed by atoms with E-state index in [9.17, 15) is 44.4 Å². The van der Waals surface area contributed by atoms with E-state index in [2.05, 4.69) is 21.3 Å². The Kier molecular flexibility index (Phi) is 16.4. The van der Waals surface area contributed by atoms with Gasteiger partial charge in [-0.2, -0.15) is 0 Å². The second-order valence-corrected chi connectivity index (χ2v) is 13.8. The quantitative estimate of drug-likeness (QED) is 0.0542. The lowest BCUT2D eigenvalue weighted by Gasteiger charge is -2.27. The number of nitrogens with two attached hydrogens (primary N) is 2. The Labute approximate surface area is 330 Å². The number of carbonyl (C=O) groups is 5. The number of hydrogen-bond donors (Lipinski definition) is 10. The third kappa shape index (κ3) is 14.3. The number of carboxylic acids is 1. The fourth-order valence-corrected chi connectivity index (χ4v) is 6.04. The fourth-order valence-electron chi connectivity index (χ4n) is 6.04. The molecule has 4 aromatic rings. The van der Waals surface area contributed by atoms with E-state index in [4.69, 9.17) is 11.5 Å². The lowest BCUT2D eigenvalue weighted by atomic mass is 10.0. The molecule has 0 saturated heterocycles. The maximum Gasteiger partial charge on any atom is 0.326 e. The van der Waals surface area contributed by atoms with Crippen molar-refractivity contribution in [2.75, 3.05) is 6.54 Å². The van der Waals surface area contributed by atoms with Crippen molar-refractivity contribution in [2.24, 2.45) is 11.5 Å². The zero-order chi connectivity index (χ0) is 41.3. The van der Waals surface area contributed by atoms with E-state index in [1.807, 2.05) is 0 Å². The molecule has 0 heterocycles. The van der Waals surface area contributed by atoms with Crippen LogP contribution in [0.5, 0.6) is 17.2 Å². The molecule has 0 aliphatic heterocycles. The zero-order valence-electron chi connectivity index (χ0n) is 31.3. The van der Waals surface area contributed by atoms with Gasteiger partial charge in [0, 0.05) is 19.3 Å². The second kappa shape index (κ2) is 21.6. The molecule has 4 rings (SSSR count). The topological polar surface area (TPSA) is 266 Å². The number of hydrogen-bond acceptors (Lipinski definition) is 10. The summed E-state index contributed by atoms with van der Waals surface area (Å²) in [5.74, 6) is -4.20. The molecular formula is C42H50N6O9. The number of rotatable bonds is 21. The van der Waals surface area contributed by atoms with E-state index >= 15 is 0 Å². The van der Waals surface area contributed by atoms with Gasteiger partial charge in [-0.25, -0.2) is 4.79 Å². The highest BCUT2D eigenvalue weighted by molar-refractivity contribution is 5.95. The summed E-state index contributed by atoms with van der Waals surface area (Å²) in [6.07, 6.45) is 1.06. The molecule has 57 heavy (non-hydrogen) atoms. The number of unbranched alkanes of at least 4 members (excludes halogenated alkanes) is 1. The molecule has 302 valence electrons. The average molecular weight is 783 g/mol. The Balaban J connectivity index is 1.58. The molecule has 0 fully saturated rings. The highest BCUT2D eigenvalue weighted by atomic mass is 16.4. The van der Waals surface area contributed by atoms with E-state index in [0.717, 1.165) is 0 Å². The van der Waals surface area contributed by atoms with Crippen LogP contribution in [0.1, 0.15) is 41.5 Å². The Morgan fingerprint density at radius 2 is 0.842 bits per heavy atom. The summed E-state index contributed by atoms with van der Waals surface area (Å²) in [4.78, 5) is 67.6. The van der Waals surface area contributed by atoms with Gasteiger partial charge >= 0.3 is 5.97 Å². The Bertz CT molecular complexity index is 1930. The monoisotopic (exact) mass is 782 g/mol. The van der Waals surface area contributed by atoms with Crippen LogP contribution in [0, 0.1) is 0 Å². The first-order valence-electron chi connectivity index (χ1n) is 18.6. The van der Waals surface area contributed by atoms with Crippen molar-refractivity contribution in [2.45, 2.75) is 75.2 Å². The number of aromatic hydroxyl groups is 3. The predicted octanol–water partition coefficient (Wildman–Crippen LogP) is 1.55. The molecule has 0 saturated carbocycles. The lowest BCUT2D eigenvalue weighted by molar-refractivity contribution is -0.142. The van der Waals surface area contributed by atoms with Crippen LogP contribution in [0.3, 0.4) is 0 Å². The van der Waals surface area contributed by atoms with Gasteiger partial charge in [-0.05, 0) is 90.9 Å². The van der Waals surface area contributed by atoms with Gasteiger partial charge < -0.3 is 53.2 Å². The molecule has 15 nitrogen and oxygen atoms in total. The van der Waals surface area contributed by atoms with Gasteiger partial charge in [0.05, 0.1) is 6.04 Å². The first-order valence-corrected chi connectivity index (χ1v) is 18.6. The number of nitrogens with one attached hydrogen (secondary N) is 4. The highest BCUT2D eigenvalue weighted by Crippen LogP contribution is 2.16. The van der Waals surface area contributed by atoms with Crippen LogP contribution in [0.2, 0.25) is 0 Å². The van der Waals surface area contributed by atoms with Gasteiger partial charge in [0.2, 0.25) is 23.6 Å². The molecule has 0 bridgehead atoms. The van der Waals surface area contributed by atoms with Crippen molar-refractivity contribution in [1.82, 2.24) is 21.3 Å². The summed E-state index contributed by atoms with van der Waals surface area (Å²) in [5.41, 5.74) is 14.3. The van der Waals surface area contributed by atoms with E-state index in [-0.39, 0.29) is 49.4 Å². The number of phenolic OH excluding ortho intramolecular Hbond substituents is 3.